The molecule has 1 amide bonds. The number of oxime groups is 1. The fourth-order valence-corrected chi connectivity index (χ4v) is 2.12. The van der Waals surface area contributed by atoms with Gasteiger partial charge in [0.2, 0.25) is 5.91 Å². The van der Waals surface area contributed by atoms with Crippen LogP contribution in [0.2, 0.25) is 0 Å². The Morgan fingerprint density at radius 2 is 2.40 bits per heavy atom. The molecule has 86 valence electrons. The summed E-state index contributed by atoms with van der Waals surface area (Å²) in [5.74, 6) is 0.308. The Morgan fingerprint density at radius 3 is 2.80 bits per heavy atom. The number of carbonyl (C=O) groups is 1. The number of nitrogens with one attached hydrogen (secondary N) is 1. The summed E-state index contributed by atoms with van der Waals surface area (Å²) >= 11 is 1.39. The van der Waals surface area contributed by atoms with Gasteiger partial charge in [-0.25, -0.2) is 0 Å². The Kier molecular flexibility index (Phi) is 7.81. The zero-order valence-corrected chi connectivity index (χ0v) is 10.0. The average molecular weight is 230 g/mol. The topological polar surface area (TPSA) is 61.7 Å². The maximum Gasteiger partial charge on any atom is 0.229 e. The van der Waals surface area contributed by atoms with Gasteiger partial charge in [-0.2, -0.15) is 0 Å². The highest BCUT2D eigenvalue weighted by molar-refractivity contribution is 8.14. The quantitative estimate of drug-likeness (QED) is 0.183. The molecule has 5 heteroatoms. The molecule has 0 spiro atoms. The number of hydrogen-bond donors (Lipinski definition) is 2. The third-order valence-electron chi connectivity index (χ3n) is 1.94. The van der Waals surface area contributed by atoms with Crippen LogP contribution in [0.1, 0.15) is 19.8 Å². The van der Waals surface area contributed by atoms with E-state index >= 15 is 0 Å². The molecular formula is C10H18N2O2S. The fourth-order valence-electron chi connectivity index (χ4n) is 1.09. The second kappa shape index (κ2) is 8.35. The molecule has 0 aliphatic heterocycles. The van der Waals surface area contributed by atoms with Gasteiger partial charge in [-0.1, -0.05) is 18.2 Å². The zero-order valence-electron chi connectivity index (χ0n) is 9.19. The maximum atomic E-state index is 11.4. The van der Waals surface area contributed by atoms with Gasteiger partial charge < -0.3 is 10.5 Å². The third kappa shape index (κ3) is 4.88. The van der Waals surface area contributed by atoms with Crippen molar-refractivity contribution in [2.45, 2.75) is 19.8 Å². The second-order valence-corrected chi connectivity index (χ2v) is 4.05. The predicted molar refractivity (Wildman–Crippen MR) is 64.3 cm³/mol. The Bertz CT molecular complexity index is 242. The summed E-state index contributed by atoms with van der Waals surface area (Å²) in [7, 11) is 1.58. The van der Waals surface area contributed by atoms with Crippen LogP contribution >= 0.6 is 11.8 Å². The van der Waals surface area contributed by atoms with Crippen LogP contribution in [-0.4, -0.2) is 29.0 Å². The van der Waals surface area contributed by atoms with Crippen LogP contribution in [0.5, 0.6) is 0 Å². The predicted octanol–water partition coefficient (Wildman–Crippen LogP) is 1.86. The van der Waals surface area contributed by atoms with Crippen molar-refractivity contribution in [2.75, 3.05) is 12.8 Å². The SMILES string of the molecule is C=CCCS/C(=N\O)C(CC)C(=O)NC. The molecular weight excluding hydrogens is 212 g/mol. The van der Waals surface area contributed by atoms with Gasteiger partial charge in [0.25, 0.3) is 0 Å². The van der Waals surface area contributed by atoms with Crippen molar-refractivity contribution < 1.29 is 10.0 Å². The molecule has 1 atom stereocenters. The lowest BCUT2D eigenvalue weighted by Gasteiger charge is -2.13. The van der Waals surface area contributed by atoms with Crippen LogP contribution in [-0.2, 0) is 4.79 Å². The van der Waals surface area contributed by atoms with Crippen molar-refractivity contribution in [3.8, 4) is 0 Å². The zero-order chi connectivity index (χ0) is 11.7. The molecule has 0 aliphatic rings. The number of nitrogens with zero attached hydrogens (tertiary/aromatic N) is 1. The molecule has 0 aromatic rings. The summed E-state index contributed by atoms with van der Waals surface area (Å²) in [4.78, 5) is 11.4. The molecule has 2 N–H and O–H groups in total. The number of rotatable bonds is 6. The first-order valence-corrected chi connectivity index (χ1v) is 5.87. The first-order chi connectivity index (χ1) is 7.21. The van der Waals surface area contributed by atoms with E-state index in [2.05, 4.69) is 17.1 Å². The number of allylic oxidation sites excluding steroid dienone is 1. The van der Waals surface area contributed by atoms with Gasteiger partial charge in [0, 0.05) is 12.8 Å². The van der Waals surface area contributed by atoms with Crippen molar-refractivity contribution in [2.24, 2.45) is 11.1 Å². The van der Waals surface area contributed by atoms with E-state index < -0.39 is 0 Å². The van der Waals surface area contributed by atoms with E-state index in [1.807, 2.05) is 6.92 Å². The Balaban J connectivity index is 4.35. The molecule has 0 saturated heterocycles. The lowest BCUT2D eigenvalue weighted by Crippen LogP contribution is -2.31. The van der Waals surface area contributed by atoms with Crippen molar-refractivity contribution in [1.29, 1.82) is 0 Å². The summed E-state index contributed by atoms with van der Waals surface area (Å²) < 4.78 is 0. The summed E-state index contributed by atoms with van der Waals surface area (Å²) in [6.07, 6.45) is 3.25. The maximum absolute atomic E-state index is 11.4. The van der Waals surface area contributed by atoms with Gasteiger partial charge in [-0.3, -0.25) is 4.79 Å². The minimum Gasteiger partial charge on any atom is -0.410 e. The number of carbonyl (C=O) groups excluding carboxylic acids is 1. The Hall–Kier alpha value is -0.970. The highest BCUT2D eigenvalue weighted by Crippen LogP contribution is 2.17. The molecule has 0 fully saturated rings. The summed E-state index contributed by atoms with van der Waals surface area (Å²) in [6, 6.07) is 0. The molecule has 0 aliphatic carbocycles. The highest BCUT2D eigenvalue weighted by Gasteiger charge is 2.22. The van der Waals surface area contributed by atoms with Crippen LogP contribution in [0.25, 0.3) is 0 Å². The van der Waals surface area contributed by atoms with Crippen LogP contribution < -0.4 is 5.32 Å². The van der Waals surface area contributed by atoms with E-state index in [1.54, 1.807) is 13.1 Å². The van der Waals surface area contributed by atoms with Gasteiger partial charge in [0.15, 0.2) is 0 Å². The van der Waals surface area contributed by atoms with Gasteiger partial charge in [0.1, 0.15) is 5.04 Å². The van der Waals surface area contributed by atoms with E-state index in [-0.39, 0.29) is 11.8 Å². The third-order valence-corrected chi connectivity index (χ3v) is 3.04. The Morgan fingerprint density at radius 1 is 1.73 bits per heavy atom. The number of hydrogen-bond acceptors (Lipinski definition) is 4. The van der Waals surface area contributed by atoms with Gasteiger partial charge in [-0.15, -0.1) is 18.3 Å². The van der Waals surface area contributed by atoms with Crippen molar-refractivity contribution >= 4 is 22.7 Å². The molecule has 4 nitrogen and oxygen atoms in total. The first kappa shape index (κ1) is 14.0. The molecule has 0 radical (unpaired) electrons. The molecule has 0 aromatic heterocycles. The van der Waals surface area contributed by atoms with E-state index in [9.17, 15) is 4.79 Å². The van der Waals surface area contributed by atoms with Crippen LogP contribution in [0.4, 0.5) is 0 Å². The van der Waals surface area contributed by atoms with Crippen molar-refractivity contribution in [1.82, 2.24) is 5.32 Å². The van der Waals surface area contributed by atoms with Crippen molar-refractivity contribution in [3.63, 3.8) is 0 Å². The molecule has 0 heterocycles. The molecule has 0 bridgehead atoms. The normalized spacial score (nSPS) is 13.3. The molecule has 0 aromatic carbocycles. The highest BCUT2D eigenvalue weighted by atomic mass is 32.2. The minimum absolute atomic E-state index is 0.114. The lowest BCUT2D eigenvalue weighted by atomic mass is 10.1. The van der Waals surface area contributed by atoms with E-state index in [0.29, 0.717) is 11.5 Å². The molecule has 0 saturated carbocycles. The van der Waals surface area contributed by atoms with Gasteiger partial charge in [0.05, 0.1) is 5.92 Å². The standard InChI is InChI=1S/C10H18N2O2S/c1-4-6-7-15-10(12-14)8(5-2)9(13)11-3/h4,8,14H,1,5-7H2,2-3H3,(H,11,13)/b12-10-. The second-order valence-electron chi connectivity index (χ2n) is 2.94. The van der Waals surface area contributed by atoms with Gasteiger partial charge >= 0.3 is 0 Å². The fraction of sp³-hybridized carbons (Fsp3) is 0.600. The van der Waals surface area contributed by atoms with Gasteiger partial charge in [-0.05, 0) is 12.8 Å². The van der Waals surface area contributed by atoms with E-state index in [0.717, 1.165) is 12.2 Å². The summed E-state index contributed by atoms with van der Waals surface area (Å²) in [5, 5.41) is 15.0. The first-order valence-electron chi connectivity index (χ1n) is 4.88. The van der Waals surface area contributed by atoms with Crippen LogP contribution in [0.3, 0.4) is 0 Å². The average Bonchev–Trinajstić information content (AvgIpc) is 2.27. The molecule has 15 heavy (non-hydrogen) atoms. The minimum atomic E-state index is -0.352. The van der Waals surface area contributed by atoms with Crippen molar-refractivity contribution in [3.05, 3.63) is 12.7 Å². The van der Waals surface area contributed by atoms with E-state index in [1.165, 1.54) is 11.8 Å². The van der Waals surface area contributed by atoms with Crippen LogP contribution in [0, 0.1) is 5.92 Å². The van der Waals surface area contributed by atoms with E-state index in [4.69, 9.17) is 5.21 Å². The lowest BCUT2D eigenvalue weighted by molar-refractivity contribution is -0.122. The largest absolute Gasteiger partial charge is 0.410 e. The summed E-state index contributed by atoms with van der Waals surface area (Å²) in [5.41, 5.74) is 0. The monoisotopic (exact) mass is 230 g/mol. The number of thioether (sulfide) groups is 1. The van der Waals surface area contributed by atoms with Crippen LogP contribution in [0.15, 0.2) is 17.8 Å². The number of amides is 1. The molecule has 0 rings (SSSR count). The summed E-state index contributed by atoms with van der Waals surface area (Å²) in [6.45, 7) is 5.49. The molecule has 1 unspecified atom stereocenters. The Labute approximate surface area is 94.8 Å². The smallest absolute Gasteiger partial charge is 0.229 e.